The van der Waals surface area contributed by atoms with Crippen LogP contribution in [-0.4, -0.2) is 36.7 Å². The molecule has 0 aliphatic heterocycles. The van der Waals surface area contributed by atoms with Crippen LogP contribution in [0.2, 0.25) is 0 Å². The van der Waals surface area contributed by atoms with Crippen LogP contribution in [0.15, 0.2) is 30.3 Å². The second-order valence-electron chi connectivity index (χ2n) is 6.37. The number of benzene rings is 1. The molecule has 0 saturated carbocycles. The van der Waals surface area contributed by atoms with Crippen molar-refractivity contribution in [2.75, 3.05) is 19.0 Å². The molecule has 0 bridgehead atoms. The lowest BCUT2D eigenvalue weighted by Crippen LogP contribution is -2.42. The Labute approximate surface area is 167 Å². The molecule has 0 aliphatic rings. The van der Waals surface area contributed by atoms with Crippen molar-refractivity contribution in [2.45, 2.75) is 57.9 Å². The smallest absolute Gasteiger partial charge is 0.305 e. The highest BCUT2D eigenvalue weighted by molar-refractivity contribution is 7.80. The van der Waals surface area contributed by atoms with Crippen LogP contribution in [0.3, 0.4) is 0 Å². The Morgan fingerprint density at radius 3 is 2.52 bits per heavy atom. The quantitative estimate of drug-likeness (QED) is 0.287. The molecule has 0 aromatic heterocycles. The highest BCUT2D eigenvalue weighted by atomic mass is 32.1. The highest BCUT2D eigenvalue weighted by Gasteiger charge is 2.11. The first-order valence-electron chi connectivity index (χ1n) is 9.51. The molecule has 1 atom stereocenters. The van der Waals surface area contributed by atoms with Crippen molar-refractivity contribution < 1.29 is 14.3 Å². The zero-order valence-electron chi connectivity index (χ0n) is 16.3. The Bertz CT molecular complexity index is 581. The number of para-hydroxylation sites is 1. The van der Waals surface area contributed by atoms with Crippen molar-refractivity contribution in [1.29, 1.82) is 0 Å². The van der Waals surface area contributed by atoms with E-state index in [0.29, 0.717) is 30.9 Å². The highest BCUT2D eigenvalue weighted by Crippen LogP contribution is 2.08. The van der Waals surface area contributed by atoms with Crippen LogP contribution in [0.4, 0.5) is 5.69 Å². The Balaban J connectivity index is 2.19. The van der Waals surface area contributed by atoms with Gasteiger partial charge in [-0.1, -0.05) is 31.5 Å². The van der Waals surface area contributed by atoms with Gasteiger partial charge >= 0.3 is 5.97 Å². The van der Waals surface area contributed by atoms with Crippen molar-refractivity contribution in [2.24, 2.45) is 0 Å². The number of carbonyl (C=O) groups is 2. The molecule has 150 valence electrons. The largest absolute Gasteiger partial charge is 0.469 e. The van der Waals surface area contributed by atoms with E-state index in [1.54, 1.807) is 0 Å². The van der Waals surface area contributed by atoms with Crippen molar-refractivity contribution in [1.82, 2.24) is 10.6 Å². The van der Waals surface area contributed by atoms with Gasteiger partial charge in [0.2, 0.25) is 5.91 Å². The van der Waals surface area contributed by atoms with Crippen LogP contribution in [0.5, 0.6) is 0 Å². The lowest BCUT2D eigenvalue weighted by Gasteiger charge is -2.20. The first-order valence-corrected chi connectivity index (χ1v) is 9.92. The number of rotatable bonds is 12. The van der Waals surface area contributed by atoms with E-state index in [-0.39, 0.29) is 17.9 Å². The van der Waals surface area contributed by atoms with Gasteiger partial charge in [0.1, 0.15) is 0 Å². The summed E-state index contributed by atoms with van der Waals surface area (Å²) < 4.78 is 4.67. The fourth-order valence-electron chi connectivity index (χ4n) is 2.66. The zero-order chi connectivity index (χ0) is 19.9. The van der Waals surface area contributed by atoms with Gasteiger partial charge in [0, 0.05) is 31.1 Å². The summed E-state index contributed by atoms with van der Waals surface area (Å²) in [5, 5.41) is 9.91. The van der Waals surface area contributed by atoms with Gasteiger partial charge in [-0.15, -0.1) is 0 Å². The average Bonchev–Trinajstić information content (AvgIpc) is 2.66. The fraction of sp³-hybridized carbons (Fsp3) is 0.550. The number of methoxy groups -OCH3 is 1. The number of anilines is 1. The van der Waals surface area contributed by atoms with Gasteiger partial charge in [0.05, 0.1) is 7.11 Å². The number of hydrogen-bond acceptors (Lipinski definition) is 4. The summed E-state index contributed by atoms with van der Waals surface area (Å²) in [6, 6.07) is 9.65. The molecule has 3 N–H and O–H groups in total. The molecule has 27 heavy (non-hydrogen) atoms. The van der Waals surface area contributed by atoms with E-state index in [9.17, 15) is 9.59 Å². The second-order valence-corrected chi connectivity index (χ2v) is 6.78. The predicted octanol–water partition coefficient (Wildman–Crippen LogP) is 3.38. The van der Waals surface area contributed by atoms with Crippen molar-refractivity contribution >= 4 is 34.9 Å². The normalized spacial score (nSPS) is 11.3. The minimum atomic E-state index is -0.181. The molecule has 0 unspecified atom stereocenters. The summed E-state index contributed by atoms with van der Waals surface area (Å²) in [4.78, 5) is 23.1. The Hall–Kier alpha value is -2.15. The van der Waals surface area contributed by atoms with Crippen LogP contribution in [0, 0.1) is 0 Å². The SMILES string of the molecule is CCC[C@@H](CCCC(=O)OC)NC(=S)NCCCC(=O)Nc1ccccc1. The van der Waals surface area contributed by atoms with E-state index >= 15 is 0 Å². The molecule has 1 aromatic carbocycles. The van der Waals surface area contributed by atoms with Crippen LogP contribution < -0.4 is 16.0 Å². The maximum Gasteiger partial charge on any atom is 0.305 e. The predicted molar refractivity (Wildman–Crippen MR) is 113 cm³/mol. The third-order valence-electron chi connectivity index (χ3n) is 4.06. The summed E-state index contributed by atoms with van der Waals surface area (Å²) >= 11 is 5.34. The van der Waals surface area contributed by atoms with Gasteiger partial charge in [-0.05, 0) is 50.0 Å². The first kappa shape index (κ1) is 22.9. The van der Waals surface area contributed by atoms with Crippen molar-refractivity contribution in [3.8, 4) is 0 Å². The van der Waals surface area contributed by atoms with E-state index < -0.39 is 0 Å². The number of esters is 1. The van der Waals surface area contributed by atoms with Crippen LogP contribution >= 0.6 is 12.2 Å². The Morgan fingerprint density at radius 1 is 1.11 bits per heavy atom. The average molecular weight is 394 g/mol. The lowest BCUT2D eigenvalue weighted by molar-refractivity contribution is -0.140. The van der Waals surface area contributed by atoms with Gasteiger partial charge in [0.25, 0.3) is 0 Å². The Kier molecular flexibility index (Phi) is 11.8. The summed E-state index contributed by atoms with van der Waals surface area (Å²) in [7, 11) is 1.41. The molecule has 1 aromatic rings. The summed E-state index contributed by atoms with van der Waals surface area (Å²) in [6.45, 7) is 2.76. The number of hydrogen-bond donors (Lipinski definition) is 3. The lowest BCUT2D eigenvalue weighted by atomic mass is 10.1. The number of ether oxygens (including phenoxy) is 1. The number of amides is 1. The zero-order valence-corrected chi connectivity index (χ0v) is 17.1. The summed E-state index contributed by atoms with van der Waals surface area (Å²) in [6.07, 6.45) is 5.22. The van der Waals surface area contributed by atoms with Gasteiger partial charge in [-0.25, -0.2) is 0 Å². The van der Waals surface area contributed by atoms with Gasteiger partial charge in [0.15, 0.2) is 5.11 Å². The topological polar surface area (TPSA) is 79.5 Å². The molecular weight excluding hydrogens is 362 g/mol. The molecule has 0 heterocycles. The summed E-state index contributed by atoms with van der Waals surface area (Å²) in [5.74, 6) is -0.187. The van der Waals surface area contributed by atoms with Crippen LogP contribution in [-0.2, 0) is 14.3 Å². The van der Waals surface area contributed by atoms with E-state index in [4.69, 9.17) is 12.2 Å². The third kappa shape index (κ3) is 11.2. The molecule has 6 nitrogen and oxygen atoms in total. The molecule has 0 spiro atoms. The minimum Gasteiger partial charge on any atom is -0.469 e. The monoisotopic (exact) mass is 393 g/mol. The van der Waals surface area contributed by atoms with E-state index in [1.165, 1.54) is 7.11 Å². The number of thiocarbonyl (C=S) groups is 1. The standard InChI is InChI=1S/C20H31N3O3S/c1-3-9-16(12-7-14-19(25)26-2)23-20(27)21-15-8-13-18(24)22-17-10-5-4-6-11-17/h4-6,10-11,16H,3,7-9,12-15H2,1-2H3,(H,22,24)(H2,21,23,27)/t16-/m0/s1. The Morgan fingerprint density at radius 2 is 1.85 bits per heavy atom. The minimum absolute atomic E-state index is 0.00597. The molecule has 0 saturated heterocycles. The van der Waals surface area contributed by atoms with Gasteiger partial charge < -0.3 is 20.7 Å². The number of carbonyl (C=O) groups excluding carboxylic acids is 2. The van der Waals surface area contributed by atoms with Gasteiger partial charge in [-0.2, -0.15) is 0 Å². The molecule has 1 rings (SSSR count). The fourth-order valence-corrected chi connectivity index (χ4v) is 2.93. The maximum atomic E-state index is 11.9. The van der Waals surface area contributed by atoms with E-state index in [2.05, 4.69) is 27.6 Å². The second kappa shape index (κ2) is 14.0. The molecule has 1 amide bonds. The van der Waals surface area contributed by atoms with E-state index in [1.807, 2.05) is 30.3 Å². The molecule has 0 fully saturated rings. The maximum absolute atomic E-state index is 11.9. The van der Waals surface area contributed by atoms with Crippen molar-refractivity contribution in [3.05, 3.63) is 30.3 Å². The van der Waals surface area contributed by atoms with Crippen LogP contribution in [0.1, 0.15) is 51.9 Å². The summed E-state index contributed by atoms with van der Waals surface area (Å²) in [5.41, 5.74) is 0.807. The van der Waals surface area contributed by atoms with Crippen LogP contribution in [0.25, 0.3) is 0 Å². The molecule has 0 aliphatic carbocycles. The number of nitrogens with one attached hydrogen (secondary N) is 3. The van der Waals surface area contributed by atoms with Crippen molar-refractivity contribution in [3.63, 3.8) is 0 Å². The first-order chi connectivity index (χ1) is 13.0. The molecule has 7 heteroatoms. The van der Waals surface area contributed by atoms with E-state index in [0.717, 1.165) is 31.4 Å². The third-order valence-corrected chi connectivity index (χ3v) is 4.32. The molecule has 0 radical (unpaired) electrons. The molecular formula is C20H31N3O3S. The van der Waals surface area contributed by atoms with Gasteiger partial charge in [-0.3, -0.25) is 9.59 Å².